The van der Waals surface area contributed by atoms with Gasteiger partial charge in [0.2, 0.25) is 17.7 Å². The molecular weight excluding hydrogens is 392 g/mol. The third-order valence-electron chi connectivity index (χ3n) is 8.11. The van der Waals surface area contributed by atoms with E-state index in [0.717, 1.165) is 31.4 Å². The van der Waals surface area contributed by atoms with Gasteiger partial charge in [0.15, 0.2) is 0 Å². The van der Waals surface area contributed by atoms with E-state index in [9.17, 15) is 14.4 Å². The van der Waals surface area contributed by atoms with E-state index >= 15 is 0 Å². The number of nitrogens with one attached hydrogen (secondary N) is 1. The molecule has 1 N–H and O–H groups in total. The van der Waals surface area contributed by atoms with Crippen molar-refractivity contribution in [2.75, 3.05) is 13.2 Å². The van der Waals surface area contributed by atoms with Crippen molar-refractivity contribution in [2.45, 2.75) is 37.8 Å². The minimum absolute atomic E-state index is 0.0149. The number of hydrogen-bond donors (Lipinski definition) is 1. The van der Waals surface area contributed by atoms with Crippen molar-refractivity contribution in [3.8, 4) is 0 Å². The molecule has 31 heavy (non-hydrogen) atoms. The number of benzene rings is 1. The van der Waals surface area contributed by atoms with Crippen molar-refractivity contribution in [3.63, 3.8) is 0 Å². The van der Waals surface area contributed by atoms with Gasteiger partial charge in [0.25, 0.3) is 0 Å². The van der Waals surface area contributed by atoms with Gasteiger partial charge in [-0.3, -0.25) is 19.3 Å². The lowest BCUT2D eigenvalue weighted by Crippen LogP contribution is -2.52. The maximum Gasteiger partial charge on any atom is 0.243 e. The van der Waals surface area contributed by atoms with E-state index < -0.39 is 6.04 Å². The summed E-state index contributed by atoms with van der Waals surface area (Å²) in [5.41, 5.74) is 0.944. The quantitative estimate of drug-likeness (QED) is 0.564. The highest BCUT2D eigenvalue weighted by Gasteiger charge is 2.67. The van der Waals surface area contributed by atoms with Gasteiger partial charge in [0.1, 0.15) is 6.04 Å². The summed E-state index contributed by atoms with van der Waals surface area (Å²) in [6.07, 6.45) is 7.74. The van der Waals surface area contributed by atoms with E-state index in [1.54, 1.807) is 0 Å². The van der Waals surface area contributed by atoms with E-state index in [1.807, 2.05) is 30.3 Å². The highest BCUT2D eigenvalue weighted by molar-refractivity contribution is 6.09. The molecule has 4 aliphatic carbocycles. The molecule has 162 valence electrons. The third kappa shape index (κ3) is 3.06. The first kappa shape index (κ1) is 19.2. The minimum atomic E-state index is -0.815. The van der Waals surface area contributed by atoms with Crippen LogP contribution >= 0.6 is 0 Å². The average molecular weight is 421 g/mol. The van der Waals surface area contributed by atoms with Gasteiger partial charge < -0.3 is 10.1 Å². The fourth-order valence-corrected chi connectivity index (χ4v) is 6.56. The molecule has 2 heterocycles. The maximum atomic E-state index is 13.6. The highest BCUT2D eigenvalue weighted by atomic mass is 16.5. The predicted molar refractivity (Wildman–Crippen MR) is 112 cm³/mol. The fourth-order valence-electron chi connectivity index (χ4n) is 6.56. The number of hydrogen-bond acceptors (Lipinski definition) is 4. The summed E-state index contributed by atoms with van der Waals surface area (Å²) in [7, 11) is 0. The zero-order chi connectivity index (χ0) is 21.1. The Morgan fingerprint density at radius 2 is 1.74 bits per heavy atom. The van der Waals surface area contributed by atoms with Gasteiger partial charge in [-0.25, -0.2) is 0 Å². The van der Waals surface area contributed by atoms with Crippen molar-refractivity contribution >= 4 is 17.7 Å². The van der Waals surface area contributed by atoms with E-state index in [2.05, 4.69) is 17.5 Å². The molecule has 2 bridgehead atoms. The van der Waals surface area contributed by atoms with Gasteiger partial charge in [0.05, 0.1) is 17.9 Å². The molecule has 0 unspecified atom stereocenters. The molecule has 0 spiro atoms. The molecule has 0 aromatic heterocycles. The highest BCUT2D eigenvalue weighted by Crippen LogP contribution is 2.65. The number of allylic oxidation sites excluding steroid dienone is 2. The molecule has 4 fully saturated rings. The Labute approximate surface area is 182 Å². The van der Waals surface area contributed by atoms with Gasteiger partial charge in [0, 0.05) is 19.6 Å². The summed E-state index contributed by atoms with van der Waals surface area (Å²) in [5, 5.41) is 2.97. The molecule has 2 saturated heterocycles. The Morgan fingerprint density at radius 1 is 1.06 bits per heavy atom. The minimum Gasteiger partial charge on any atom is -0.376 e. The second-order valence-electron chi connectivity index (χ2n) is 9.79. The number of amides is 3. The Balaban J connectivity index is 1.27. The summed E-state index contributed by atoms with van der Waals surface area (Å²) in [6.45, 7) is 1.14. The first-order valence-electron chi connectivity index (χ1n) is 11.6. The summed E-state index contributed by atoms with van der Waals surface area (Å²) >= 11 is 0. The normalized spacial score (nSPS) is 38.2. The lowest BCUT2D eigenvalue weighted by atomic mass is 9.63. The Morgan fingerprint density at radius 3 is 2.35 bits per heavy atom. The average Bonchev–Trinajstić information content (AvgIpc) is 3.38. The molecule has 7 rings (SSSR count). The van der Waals surface area contributed by atoms with Crippen LogP contribution in [0, 0.1) is 35.5 Å². The second-order valence-corrected chi connectivity index (χ2v) is 9.79. The van der Waals surface area contributed by atoms with Crippen molar-refractivity contribution in [1.82, 2.24) is 10.2 Å². The van der Waals surface area contributed by atoms with Crippen molar-refractivity contribution in [1.29, 1.82) is 0 Å². The van der Waals surface area contributed by atoms with Gasteiger partial charge in [-0.05, 0) is 48.5 Å². The number of likely N-dealkylation sites (tertiary alicyclic amines) is 1. The molecular formula is C25H28N2O4. The van der Waals surface area contributed by atoms with Crippen LogP contribution in [0.4, 0.5) is 0 Å². The summed E-state index contributed by atoms with van der Waals surface area (Å²) < 4.78 is 5.63. The predicted octanol–water partition coefficient (Wildman–Crippen LogP) is 1.95. The van der Waals surface area contributed by atoms with Gasteiger partial charge in [-0.1, -0.05) is 42.5 Å². The first-order chi connectivity index (χ1) is 15.1. The molecule has 1 aromatic rings. The molecule has 0 radical (unpaired) electrons. The van der Waals surface area contributed by atoms with Crippen LogP contribution in [-0.2, 0) is 25.5 Å². The van der Waals surface area contributed by atoms with Crippen LogP contribution < -0.4 is 5.32 Å². The number of carbonyl (C=O) groups excluding carboxylic acids is 3. The van der Waals surface area contributed by atoms with Crippen LogP contribution in [0.25, 0.3) is 0 Å². The van der Waals surface area contributed by atoms with Gasteiger partial charge in [-0.15, -0.1) is 0 Å². The molecule has 6 nitrogen and oxygen atoms in total. The molecule has 6 heteroatoms. The Hall–Kier alpha value is -2.47. The number of rotatable bonds is 6. The lowest BCUT2D eigenvalue weighted by Gasteiger charge is -2.37. The SMILES string of the molecule is O=C(NC[C@@H]1CCCO1)[C@@H](Cc1ccccc1)N1C(=O)[C@@H]2[C@@H]3C=C[C@H]([C@H]4C[C@H]34)[C@@H]2C1=O. The summed E-state index contributed by atoms with van der Waals surface area (Å²) in [4.78, 5) is 41.8. The summed E-state index contributed by atoms with van der Waals surface area (Å²) in [5.74, 6) is 0.308. The monoisotopic (exact) mass is 420 g/mol. The lowest BCUT2D eigenvalue weighted by molar-refractivity contribution is -0.148. The van der Waals surface area contributed by atoms with E-state index in [-0.39, 0.29) is 47.5 Å². The number of ether oxygens (including phenoxy) is 1. The molecule has 6 aliphatic rings. The van der Waals surface area contributed by atoms with Crippen LogP contribution in [0.15, 0.2) is 42.5 Å². The van der Waals surface area contributed by atoms with Crippen LogP contribution in [0.1, 0.15) is 24.8 Å². The van der Waals surface area contributed by atoms with E-state index in [0.29, 0.717) is 24.8 Å². The Kier molecular flexibility index (Phi) is 4.53. The standard InChI is InChI=1S/C25H28N2O4/c28-23(26-13-15-7-4-10-31-15)20(11-14-5-2-1-3-6-14)27-24(29)21-16-8-9-17(19-12-18(16)19)22(21)25(27)30/h1-3,5-6,8-9,15-22H,4,7,10-13H2,(H,26,28)/t15-,16+,17+,18+,19+,20+,21-,22+/m0/s1. The molecule has 3 amide bonds. The van der Waals surface area contributed by atoms with E-state index in [4.69, 9.17) is 4.74 Å². The molecule has 2 saturated carbocycles. The smallest absolute Gasteiger partial charge is 0.243 e. The van der Waals surface area contributed by atoms with Crippen molar-refractivity contribution < 1.29 is 19.1 Å². The largest absolute Gasteiger partial charge is 0.376 e. The van der Waals surface area contributed by atoms with Crippen molar-refractivity contribution in [3.05, 3.63) is 48.0 Å². The zero-order valence-electron chi connectivity index (χ0n) is 17.5. The summed E-state index contributed by atoms with van der Waals surface area (Å²) in [6, 6.07) is 8.83. The van der Waals surface area contributed by atoms with Gasteiger partial charge in [-0.2, -0.15) is 0 Å². The van der Waals surface area contributed by atoms with Crippen LogP contribution in [0.2, 0.25) is 0 Å². The molecule has 2 aliphatic heterocycles. The maximum absolute atomic E-state index is 13.6. The third-order valence-corrected chi connectivity index (χ3v) is 8.11. The fraction of sp³-hybridized carbons (Fsp3) is 0.560. The van der Waals surface area contributed by atoms with Crippen LogP contribution in [0.3, 0.4) is 0 Å². The first-order valence-corrected chi connectivity index (χ1v) is 11.6. The molecule has 1 aromatic carbocycles. The topological polar surface area (TPSA) is 75.7 Å². The number of nitrogens with zero attached hydrogens (tertiary/aromatic N) is 1. The Bertz CT molecular complexity index is 902. The van der Waals surface area contributed by atoms with E-state index in [1.165, 1.54) is 4.90 Å². The number of carbonyl (C=O) groups is 3. The van der Waals surface area contributed by atoms with Crippen molar-refractivity contribution in [2.24, 2.45) is 35.5 Å². The zero-order valence-corrected chi connectivity index (χ0v) is 17.5. The van der Waals surface area contributed by atoms with Crippen LogP contribution in [-0.4, -0.2) is 47.9 Å². The van der Waals surface area contributed by atoms with Gasteiger partial charge >= 0.3 is 0 Å². The number of imide groups is 1. The second kappa shape index (κ2) is 7.30. The van der Waals surface area contributed by atoms with Crippen LogP contribution in [0.5, 0.6) is 0 Å². The molecule has 8 atom stereocenters.